The normalized spacial score (nSPS) is 16.9. The number of hydrogen-bond donors (Lipinski definition) is 0. The standard InChI is InChI=1S/C15H21BrN2O2/c1-3-20-14-7-5-4-6-13(14)17-8-10-18(11-9-17)15(19)12(2)16/h4-7,12H,3,8-11H2,1-2H3. The molecule has 0 aromatic heterocycles. The number of carbonyl (C=O) groups is 1. The first kappa shape index (κ1) is 15.2. The van der Waals surface area contributed by atoms with Crippen molar-refractivity contribution in [3.8, 4) is 5.75 Å². The fourth-order valence-corrected chi connectivity index (χ4v) is 2.70. The number of amides is 1. The average Bonchev–Trinajstić information content (AvgIpc) is 2.47. The molecular weight excluding hydrogens is 320 g/mol. The summed E-state index contributed by atoms with van der Waals surface area (Å²) < 4.78 is 5.67. The van der Waals surface area contributed by atoms with Gasteiger partial charge in [0.05, 0.1) is 17.1 Å². The Kier molecular flexibility index (Phi) is 5.29. The van der Waals surface area contributed by atoms with Crippen LogP contribution in [0.4, 0.5) is 5.69 Å². The van der Waals surface area contributed by atoms with Gasteiger partial charge in [0.25, 0.3) is 0 Å². The number of halogens is 1. The average molecular weight is 341 g/mol. The summed E-state index contributed by atoms with van der Waals surface area (Å²) in [5, 5.41) is 0. The second-order valence-corrected chi connectivity index (χ2v) is 6.20. The van der Waals surface area contributed by atoms with E-state index in [1.165, 1.54) is 0 Å². The molecule has 1 saturated heterocycles. The second kappa shape index (κ2) is 6.97. The van der Waals surface area contributed by atoms with Crippen LogP contribution in [0.1, 0.15) is 13.8 Å². The molecule has 110 valence electrons. The molecule has 1 atom stereocenters. The van der Waals surface area contributed by atoms with Gasteiger partial charge in [0.2, 0.25) is 5.91 Å². The lowest BCUT2D eigenvalue weighted by molar-refractivity contribution is -0.130. The number of anilines is 1. The Bertz CT molecular complexity index is 457. The van der Waals surface area contributed by atoms with Gasteiger partial charge in [-0.2, -0.15) is 0 Å². The number of rotatable bonds is 4. The molecule has 1 aromatic carbocycles. The highest BCUT2D eigenvalue weighted by Gasteiger charge is 2.24. The van der Waals surface area contributed by atoms with Gasteiger partial charge in [-0.3, -0.25) is 4.79 Å². The van der Waals surface area contributed by atoms with E-state index in [0.717, 1.165) is 37.6 Å². The number of para-hydroxylation sites is 2. The first-order valence-electron chi connectivity index (χ1n) is 7.03. The Labute approximate surface area is 128 Å². The fourth-order valence-electron chi connectivity index (χ4n) is 2.42. The molecule has 2 rings (SSSR count). The van der Waals surface area contributed by atoms with Gasteiger partial charge in [-0.05, 0) is 26.0 Å². The molecule has 0 saturated carbocycles. The maximum absolute atomic E-state index is 11.9. The lowest BCUT2D eigenvalue weighted by Crippen LogP contribution is -2.50. The Balaban J connectivity index is 2.02. The monoisotopic (exact) mass is 340 g/mol. The molecule has 4 nitrogen and oxygen atoms in total. The van der Waals surface area contributed by atoms with Gasteiger partial charge in [0.15, 0.2) is 0 Å². The topological polar surface area (TPSA) is 32.8 Å². The van der Waals surface area contributed by atoms with E-state index < -0.39 is 0 Å². The summed E-state index contributed by atoms with van der Waals surface area (Å²) in [4.78, 5) is 16.0. The summed E-state index contributed by atoms with van der Waals surface area (Å²) in [5.41, 5.74) is 1.12. The van der Waals surface area contributed by atoms with Crippen molar-refractivity contribution in [1.29, 1.82) is 0 Å². The van der Waals surface area contributed by atoms with Crippen LogP contribution in [0, 0.1) is 0 Å². The second-order valence-electron chi connectivity index (χ2n) is 4.83. The third-order valence-electron chi connectivity index (χ3n) is 3.44. The zero-order valence-corrected chi connectivity index (χ0v) is 13.6. The molecule has 1 aliphatic heterocycles. The molecule has 1 heterocycles. The van der Waals surface area contributed by atoms with Crippen molar-refractivity contribution in [2.24, 2.45) is 0 Å². The summed E-state index contributed by atoms with van der Waals surface area (Å²) in [7, 11) is 0. The number of nitrogens with zero attached hydrogens (tertiary/aromatic N) is 2. The first-order chi connectivity index (χ1) is 9.63. The van der Waals surface area contributed by atoms with Crippen LogP contribution in [0.3, 0.4) is 0 Å². The maximum atomic E-state index is 11.9. The lowest BCUT2D eigenvalue weighted by atomic mass is 10.2. The van der Waals surface area contributed by atoms with E-state index in [0.29, 0.717) is 6.61 Å². The highest BCUT2D eigenvalue weighted by molar-refractivity contribution is 9.10. The number of hydrogen-bond acceptors (Lipinski definition) is 3. The number of alkyl halides is 1. The Morgan fingerprint density at radius 1 is 1.30 bits per heavy atom. The first-order valence-corrected chi connectivity index (χ1v) is 7.94. The van der Waals surface area contributed by atoms with Crippen molar-refractivity contribution in [3.05, 3.63) is 24.3 Å². The Hall–Kier alpha value is -1.23. The molecule has 1 unspecified atom stereocenters. The minimum Gasteiger partial charge on any atom is -0.492 e. The summed E-state index contributed by atoms with van der Waals surface area (Å²) in [5.74, 6) is 1.09. The quantitative estimate of drug-likeness (QED) is 0.789. The molecule has 1 aromatic rings. The van der Waals surface area contributed by atoms with Crippen molar-refractivity contribution < 1.29 is 9.53 Å². The number of ether oxygens (including phenoxy) is 1. The van der Waals surface area contributed by atoms with Crippen molar-refractivity contribution in [2.75, 3.05) is 37.7 Å². The summed E-state index contributed by atoms with van der Waals surface area (Å²) in [6, 6.07) is 8.09. The van der Waals surface area contributed by atoms with Gasteiger partial charge in [-0.1, -0.05) is 28.1 Å². The highest BCUT2D eigenvalue weighted by atomic mass is 79.9. The minimum atomic E-state index is -0.107. The fraction of sp³-hybridized carbons (Fsp3) is 0.533. The van der Waals surface area contributed by atoms with Crippen LogP contribution in [0.15, 0.2) is 24.3 Å². The summed E-state index contributed by atoms with van der Waals surface area (Å²) in [6.07, 6.45) is 0. The SMILES string of the molecule is CCOc1ccccc1N1CCN(C(=O)C(C)Br)CC1. The number of benzene rings is 1. The molecule has 5 heteroatoms. The van der Waals surface area contributed by atoms with E-state index in [-0.39, 0.29) is 10.7 Å². The zero-order chi connectivity index (χ0) is 14.5. The van der Waals surface area contributed by atoms with Gasteiger partial charge in [-0.25, -0.2) is 0 Å². The largest absolute Gasteiger partial charge is 0.492 e. The van der Waals surface area contributed by atoms with Gasteiger partial charge < -0.3 is 14.5 Å². The smallest absolute Gasteiger partial charge is 0.236 e. The number of carbonyl (C=O) groups excluding carboxylic acids is 1. The maximum Gasteiger partial charge on any atom is 0.236 e. The van der Waals surface area contributed by atoms with Gasteiger partial charge in [0, 0.05) is 26.2 Å². The Morgan fingerprint density at radius 2 is 1.95 bits per heavy atom. The summed E-state index contributed by atoms with van der Waals surface area (Å²) >= 11 is 3.34. The van der Waals surface area contributed by atoms with Crippen LogP contribution in [0.2, 0.25) is 0 Å². The predicted octanol–water partition coefficient (Wildman–Crippen LogP) is 2.52. The molecule has 20 heavy (non-hydrogen) atoms. The van der Waals surface area contributed by atoms with Crippen LogP contribution in [0.25, 0.3) is 0 Å². The molecule has 0 radical (unpaired) electrons. The van der Waals surface area contributed by atoms with Crippen molar-refractivity contribution in [1.82, 2.24) is 4.90 Å². The summed E-state index contributed by atoms with van der Waals surface area (Å²) in [6.45, 7) is 7.73. The molecule has 0 N–H and O–H groups in total. The molecule has 1 aliphatic rings. The van der Waals surface area contributed by atoms with Crippen molar-refractivity contribution in [3.63, 3.8) is 0 Å². The van der Waals surface area contributed by atoms with Crippen LogP contribution >= 0.6 is 15.9 Å². The molecule has 1 fully saturated rings. The number of piperazine rings is 1. The van der Waals surface area contributed by atoms with Crippen LogP contribution in [-0.4, -0.2) is 48.4 Å². The third kappa shape index (κ3) is 3.45. The van der Waals surface area contributed by atoms with Gasteiger partial charge in [-0.15, -0.1) is 0 Å². The van der Waals surface area contributed by atoms with E-state index in [1.54, 1.807) is 0 Å². The van der Waals surface area contributed by atoms with Crippen molar-refractivity contribution in [2.45, 2.75) is 18.7 Å². The van der Waals surface area contributed by atoms with E-state index in [2.05, 4.69) is 26.9 Å². The molecule has 1 amide bonds. The molecule has 0 bridgehead atoms. The lowest BCUT2D eigenvalue weighted by Gasteiger charge is -2.37. The van der Waals surface area contributed by atoms with E-state index in [4.69, 9.17) is 4.74 Å². The highest BCUT2D eigenvalue weighted by Crippen LogP contribution is 2.28. The molecule has 0 aliphatic carbocycles. The van der Waals surface area contributed by atoms with E-state index in [1.807, 2.05) is 36.9 Å². The van der Waals surface area contributed by atoms with Crippen LogP contribution in [-0.2, 0) is 4.79 Å². The van der Waals surface area contributed by atoms with E-state index in [9.17, 15) is 4.79 Å². The zero-order valence-electron chi connectivity index (χ0n) is 12.0. The van der Waals surface area contributed by atoms with Crippen LogP contribution in [0.5, 0.6) is 5.75 Å². The predicted molar refractivity (Wildman–Crippen MR) is 84.8 cm³/mol. The van der Waals surface area contributed by atoms with Crippen LogP contribution < -0.4 is 9.64 Å². The Morgan fingerprint density at radius 3 is 2.55 bits per heavy atom. The third-order valence-corrected chi connectivity index (χ3v) is 3.83. The van der Waals surface area contributed by atoms with Gasteiger partial charge >= 0.3 is 0 Å². The molecule has 0 spiro atoms. The van der Waals surface area contributed by atoms with E-state index >= 15 is 0 Å². The molecular formula is C15H21BrN2O2. The van der Waals surface area contributed by atoms with Crippen molar-refractivity contribution >= 4 is 27.5 Å². The van der Waals surface area contributed by atoms with Gasteiger partial charge in [0.1, 0.15) is 5.75 Å². The minimum absolute atomic E-state index is 0.107.